The first-order valence-corrected chi connectivity index (χ1v) is 8.41. The van der Waals surface area contributed by atoms with Gasteiger partial charge in [0.1, 0.15) is 5.69 Å². The van der Waals surface area contributed by atoms with Crippen LogP contribution in [0, 0.1) is 5.92 Å². The molecular formula is C20H17N3O3. The average Bonchev–Trinajstić information content (AvgIpc) is 3.13. The van der Waals surface area contributed by atoms with Gasteiger partial charge in [-0.3, -0.25) is 14.6 Å². The van der Waals surface area contributed by atoms with Gasteiger partial charge < -0.3 is 10.0 Å². The van der Waals surface area contributed by atoms with Crippen molar-refractivity contribution in [3.05, 3.63) is 72.2 Å². The topological polar surface area (TPSA) is 83.4 Å². The van der Waals surface area contributed by atoms with Gasteiger partial charge in [-0.05, 0) is 17.7 Å². The minimum absolute atomic E-state index is 0.181. The van der Waals surface area contributed by atoms with Gasteiger partial charge in [-0.1, -0.05) is 36.4 Å². The SMILES string of the molecule is O=C(O)[C@@H]1CN(C(=O)c2ccc3ccncc3n2)C[C@H]1c1ccccc1. The molecule has 1 aliphatic rings. The Morgan fingerprint density at radius 3 is 2.62 bits per heavy atom. The monoisotopic (exact) mass is 347 g/mol. The summed E-state index contributed by atoms with van der Waals surface area (Å²) in [7, 11) is 0. The minimum Gasteiger partial charge on any atom is -0.481 e. The fraction of sp³-hybridized carbons (Fsp3) is 0.200. The highest BCUT2D eigenvalue weighted by molar-refractivity contribution is 5.95. The molecule has 26 heavy (non-hydrogen) atoms. The van der Waals surface area contributed by atoms with Crippen molar-refractivity contribution in [2.75, 3.05) is 13.1 Å². The van der Waals surface area contributed by atoms with Gasteiger partial charge in [0.25, 0.3) is 5.91 Å². The Morgan fingerprint density at radius 1 is 1.04 bits per heavy atom. The number of hydrogen-bond donors (Lipinski definition) is 1. The Balaban J connectivity index is 1.62. The van der Waals surface area contributed by atoms with Gasteiger partial charge in [0.2, 0.25) is 0 Å². The van der Waals surface area contributed by atoms with E-state index < -0.39 is 11.9 Å². The molecule has 1 N–H and O–H groups in total. The Bertz CT molecular complexity index is 974. The van der Waals surface area contributed by atoms with E-state index >= 15 is 0 Å². The van der Waals surface area contributed by atoms with Gasteiger partial charge in [-0.2, -0.15) is 0 Å². The van der Waals surface area contributed by atoms with Crippen LogP contribution < -0.4 is 0 Å². The van der Waals surface area contributed by atoms with Gasteiger partial charge in [-0.25, -0.2) is 4.98 Å². The number of carboxylic acid groups (broad SMARTS) is 1. The molecule has 6 heteroatoms. The maximum atomic E-state index is 12.9. The maximum Gasteiger partial charge on any atom is 0.308 e. The second-order valence-electron chi connectivity index (χ2n) is 6.44. The van der Waals surface area contributed by atoms with Gasteiger partial charge in [0.05, 0.1) is 17.6 Å². The first-order valence-electron chi connectivity index (χ1n) is 8.41. The molecule has 1 amide bonds. The predicted molar refractivity (Wildman–Crippen MR) is 95.8 cm³/mol. The van der Waals surface area contributed by atoms with Crippen LogP contribution in [0.2, 0.25) is 0 Å². The molecule has 3 heterocycles. The summed E-state index contributed by atoms with van der Waals surface area (Å²) >= 11 is 0. The Morgan fingerprint density at radius 2 is 1.85 bits per heavy atom. The van der Waals surface area contributed by atoms with Gasteiger partial charge in [0, 0.05) is 30.6 Å². The quantitative estimate of drug-likeness (QED) is 0.787. The molecule has 0 aliphatic carbocycles. The summed E-state index contributed by atoms with van der Waals surface area (Å²) in [5, 5.41) is 10.5. The second-order valence-corrected chi connectivity index (χ2v) is 6.44. The summed E-state index contributed by atoms with van der Waals surface area (Å²) in [6.45, 7) is 0.549. The van der Waals surface area contributed by atoms with E-state index in [2.05, 4.69) is 9.97 Å². The third-order valence-corrected chi connectivity index (χ3v) is 4.87. The molecule has 1 aliphatic heterocycles. The van der Waals surface area contributed by atoms with Crippen molar-refractivity contribution in [2.24, 2.45) is 5.92 Å². The summed E-state index contributed by atoms with van der Waals surface area (Å²) < 4.78 is 0. The fourth-order valence-electron chi connectivity index (χ4n) is 3.51. The number of benzene rings is 1. The zero-order chi connectivity index (χ0) is 18.1. The van der Waals surface area contributed by atoms with Crippen LogP contribution in [0.3, 0.4) is 0 Å². The summed E-state index contributed by atoms with van der Waals surface area (Å²) in [5.41, 5.74) is 1.89. The van der Waals surface area contributed by atoms with Gasteiger partial charge in [-0.15, -0.1) is 0 Å². The van der Waals surface area contributed by atoms with Crippen molar-refractivity contribution < 1.29 is 14.7 Å². The third kappa shape index (κ3) is 2.90. The van der Waals surface area contributed by atoms with Crippen LogP contribution in [-0.4, -0.2) is 44.9 Å². The number of aliphatic carboxylic acids is 1. The molecule has 1 aromatic carbocycles. The molecule has 2 aromatic heterocycles. The van der Waals surface area contributed by atoms with Crippen LogP contribution in [0.15, 0.2) is 60.9 Å². The van der Waals surface area contributed by atoms with E-state index in [9.17, 15) is 14.7 Å². The predicted octanol–water partition coefficient (Wildman–Crippen LogP) is 2.57. The molecule has 6 nitrogen and oxygen atoms in total. The summed E-state index contributed by atoms with van der Waals surface area (Å²) in [5.74, 6) is -1.98. The molecular weight excluding hydrogens is 330 g/mol. The highest BCUT2D eigenvalue weighted by Gasteiger charge is 2.40. The van der Waals surface area contributed by atoms with E-state index in [-0.39, 0.29) is 18.4 Å². The zero-order valence-electron chi connectivity index (χ0n) is 13.9. The number of amides is 1. The summed E-state index contributed by atoms with van der Waals surface area (Å²) in [6.07, 6.45) is 3.29. The smallest absolute Gasteiger partial charge is 0.308 e. The number of hydrogen-bond acceptors (Lipinski definition) is 4. The molecule has 0 saturated carbocycles. The molecule has 0 unspecified atom stereocenters. The standard InChI is InChI=1S/C20H17N3O3/c24-19(17-7-6-14-8-9-21-10-18(14)22-17)23-11-15(16(12-23)20(25)26)13-4-2-1-3-5-13/h1-10,15-16H,11-12H2,(H,25,26)/t15-,16+/m0/s1. The number of fused-ring (bicyclic) bond motifs is 1. The van der Waals surface area contributed by atoms with E-state index in [1.807, 2.05) is 42.5 Å². The fourth-order valence-corrected chi connectivity index (χ4v) is 3.51. The van der Waals surface area contributed by atoms with E-state index in [0.29, 0.717) is 17.8 Å². The van der Waals surface area contributed by atoms with Crippen molar-refractivity contribution in [2.45, 2.75) is 5.92 Å². The molecule has 0 bridgehead atoms. The molecule has 2 atom stereocenters. The second kappa shape index (κ2) is 6.55. The lowest BCUT2D eigenvalue weighted by Gasteiger charge is -2.16. The lowest BCUT2D eigenvalue weighted by molar-refractivity contribution is -0.141. The molecule has 0 spiro atoms. The van der Waals surface area contributed by atoms with Crippen molar-refractivity contribution >= 4 is 22.8 Å². The average molecular weight is 347 g/mol. The largest absolute Gasteiger partial charge is 0.481 e. The molecule has 1 saturated heterocycles. The van der Waals surface area contributed by atoms with Crippen molar-refractivity contribution in [1.29, 1.82) is 0 Å². The minimum atomic E-state index is -0.884. The van der Waals surface area contributed by atoms with Crippen LogP contribution in [0.1, 0.15) is 22.0 Å². The third-order valence-electron chi connectivity index (χ3n) is 4.87. The Labute approximate surface area is 150 Å². The van der Waals surface area contributed by atoms with Gasteiger partial charge >= 0.3 is 5.97 Å². The van der Waals surface area contributed by atoms with Crippen LogP contribution in [0.25, 0.3) is 10.9 Å². The van der Waals surface area contributed by atoms with Gasteiger partial charge in [0.15, 0.2) is 0 Å². The highest BCUT2D eigenvalue weighted by atomic mass is 16.4. The molecule has 3 aromatic rings. The van der Waals surface area contributed by atoms with Crippen LogP contribution in [-0.2, 0) is 4.79 Å². The van der Waals surface area contributed by atoms with Crippen molar-refractivity contribution in [1.82, 2.24) is 14.9 Å². The first-order chi connectivity index (χ1) is 12.6. The van der Waals surface area contributed by atoms with E-state index in [4.69, 9.17) is 0 Å². The van der Waals surface area contributed by atoms with Crippen molar-refractivity contribution in [3.8, 4) is 0 Å². The van der Waals surface area contributed by atoms with E-state index in [1.54, 1.807) is 23.4 Å². The normalized spacial score (nSPS) is 19.6. The number of carbonyl (C=O) groups is 2. The number of pyridine rings is 2. The molecule has 4 rings (SSSR count). The maximum absolute atomic E-state index is 12.9. The molecule has 130 valence electrons. The number of likely N-dealkylation sites (tertiary alicyclic amines) is 1. The first kappa shape index (κ1) is 16.2. The Kier molecular flexibility index (Phi) is 4.08. The van der Waals surface area contributed by atoms with Crippen molar-refractivity contribution in [3.63, 3.8) is 0 Å². The van der Waals surface area contributed by atoms with Crippen LogP contribution in [0.4, 0.5) is 0 Å². The molecule has 0 radical (unpaired) electrons. The van der Waals surface area contributed by atoms with E-state index in [0.717, 1.165) is 10.9 Å². The number of carbonyl (C=O) groups excluding carboxylic acids is 1. The number of carboxylic acids is 1. The van der Waals surface area contributed by atoms with Crippen LogP contribution in [0.5, 0.6) is 0 Å². The molecule has 1 fully saturated rings. The lowest BCUT2D eigenvalue weighted by atomic mass is 9.89. The van der Waals surface area contributed by atoms with Crippen LogP contribution >= 0.6 is 0 Å². The zero-order valence-corrected chi connectivity index (χ0v) is 13.9. The highest BCUT2D eigenvalue weighted by Crippen LogP contribution is 2.33. The number of nitrogens with zero attached hydrogens (tertiary/aromatic N) is 3. The lowest BCUT2D eigenvalue weighted by Crippen LogP contribution is -2.30. The summed E-state index contributed by atoms with van der Waals surface area (Å²) in [6, 6.07) is 14.8. The summed E-state index contributed by atoms with van der Waals surface area (Å²) in [4.78, 5) is 34.6. The number of aromatic nitrogens is 2. The number of rotatable bonds is 3. The van der Waals surface area contributed by atoms with E-state index in [1.165, 1.54) is 0 Å². The Hall–Kier alpha value is -3.28.